The summed E-state index contributed by atoms with van der Waals surface area (Å²) in [6.07, 6.45) is 2.27. The summed E-state index contributed by atoms with van der Waals surface area (Å²) in [6.45, 7) is 6.23. The van der Waals surface area contributed by atoms with Gasteiger partial charge in [-0.05, 0) is 56.7 Å². The van der Waals surface area contributed by atoms with Gasteiger partial charge in [0.2, 0.25) is 5.91 Å². The molecule has 0 radical (unpaired) electrons. The van der Waals surface area contributed by atoms with Gasteiger partial charge in [-0.25, -0.2) is 0 Å². The van der Waals surface area contributed by atoms with E-state index < -0.39 is 5.60 Å². The van der Waals surface area contributed by atoms with Crippen LogP contribution in [-0.2, 0) is 16.8 Å². The van der Waals surface area contributed by atoms with Crippen molar-refractivity contribution >= 4 is 28.6 Å². The molecule has 2 N–H and O–H groups in total. The fourth-order valence-corrected chi connectivity index (χ4v) is 4.17. The monoisotopic (exact) mass is 337 g/mol. The van der Waals surface area contributed by atoms with Crippen molar-refractivity contribution in [2.24, 2.45) is 0 Å². The fraction of sp³-hybridized carbons (Fsp3) is 0.471. The van der Waals surface area contributed by atoms with E-state index in [-0.39, 0.29) is 12.5 Å². The van der Waals surface area contributed by atoms with E-state index in [9.17, 15) is 9.90 Å². The Morgan fingerprint density at radius 2 is 2.18 bits per heavy atom. The van der Waals surface area contributed by atoms with Crippen LogP contribution in [-0.4, -0.2) is 17.6 Å². The van der Waals surface area contributed by atoms with E-state index >= 15 is 0 Å². The highest BCUT2D eigenvalue weighted by Crippen LogP contribution is 2.24. The number of thiophene rings is 2. The molecule has 5 heteroatoms. The molecule has 0 aliphatic carbocycles. The first-order valence-electron chi connectivity index (χ1n) is 7.47. The minimum atomic E-state index is -0.995. The molecule has 0 aliphatic rings. The van der Waals surface area contributed by atoms with Crippen LogP contribution in [0.3, 0.4) is 0 Å². The summed E-state index contributed by atoms with van der Waals surface area (Å²) in [5.41, 5.74) is 0.353. The molecule has 1 unspecified atom stereocenters. The third-order valence-electron chi connectivity index (χ3n) is 3.68. The van der Waals surface area contributed by atoms with Crippen LogP contribution < -0.4 is 5.32 Å². The zero-order valence-electron chi connectivity index (χ0n) is 13.3. The number of carbonyl (C=O) groups is 1. The number of rotatable bonds is 7. The first-order valence-corrected chi connectivity index (χ1v) is 9.17. The van der Waals surface area contributed by atoms with E-state index in [1.54, 1.807) is 6.92 Å². The fourth-order valence-electron chi connectivity index (χ4n) is 2.40. The minimum absolute atomic E-state index is 0.00133. The second-order valence-electron chi connectivity index (χ2n) is 5.82. The number of aliphatic hydroxyl groups is 1. The molecule has 0 fully saturated rings. The lowest BCUT2D eigenvalue weighted by molar-refractivity contribution is -0.122. The molecular formula is C17H23NO2S2. The summed E-state index contributed by atoms with van der Waals surface area (Å²) in [6, 6.07) is 6.00. The number of hydrogen-bond acceptors (Lipinski definition) is 4. The van der Waals surface area contributed by atoms with Crippen LogP contribution >= 0.6 is 22.7 Å². The summed E-state index contributed by atoms with van der Waals surface area (Å²) >= 11 is 3.31. The molecule has 0 saturated carbocycles. The van der Waals surface area contributed by atoms with Gasteiger partial charge in [0.15, 0.2) is 0 Å². The van der Waals surface area contributed by atoms with Crippen LogP contribution in [0.5, 0.6) is 0 Å². The van der Waals surface area contributed by atoms with Crippen molar-refractivity contribution in [3.8, 4) is 0 Å². The largest absolute Gasteiger partial charge is 0.383 e. The van der Waals surface area contributed by atoms with Gasteiger partial charge in [-0.15, -0.1) is 22.7 Å². The highest BCUT2D eigenvalue weighted by Gasteiger charge is 2.24. The Bertz CT molecular complexity index is 615. The van der Waals surface area contributed by atoms with Gasteiger partial charge in [0.05, 0.1) is 6.54 Å². The molecule has 120 valence electrons. The molecule has 3 nitrogen and oxygen atoms in total. The molecule has 2 aromatic heterocycles. The standard InChI is InChI=1S/C17H23NO2S2/c1-12-10-14(13(2)22-12)6-4-8-16(19)18-11-17(3,20)15-7-5-9-21-15/h5,7,9-10,20H,4,6,8,11H2,1-3H3,(H,18,19). The third-order valence-corrected chi connectivity index (χ3v) is 5.81. The maximum Gasteiger partial charge on any atom is 0.220 e. The molecule has 1 amide bonds. The van der Waals surface area contributed by atoms with Gasteiger partial charge >= 0.3 is 0 Å². The lowest BCUT2D eigenvalue weighted by atomic mass is 10.0. The normalized spacial score (nSPS) is 13.8. The number of nitrogens with one attached hydrogen (secondary N) is 1. The van der Waals surface area contributed by atoms with Crippen molar-refractivity contribution in [2.75, 3.05) is 6.54 Å². The van der Waals surface area contributed by atoms with E-state index in [1.807, 2.05) is 28.8 Å². The van der Waals surface area contributed by atoms with Crippen molar-refractivity contribution < 1.29 is 9.90 Å². The molecule has 1 atom stereocenters. The number of hydrogen-bond donors (Lipinski definition) is 2. The topological polar surface area (TPSA) is 49.3 Å². The zero-order valence-corrected chi connectivity index (χ0v) is 14.9. The zero-order chi connectivity index (χ0) is 16.2. The Kier molecular flexibility index (Phi) is 5.78. The summed E-state index contributed by atoms with van der Waals surface area (Å²) < 4.78 is 0. The number of amides is 1. The Labute approximate surface area is 140 Å². The lowest BCUT2D eigenvalue weighted by Crippen LogP contribution is -2.38. The van der Waals surface area contributed by atoms with E-state index in [0.29, 0.717) is 6.42 Å². The van der Waals surface area contributed by atoms with Crippen LogP contribution in [0.1, 0.15) is 40.0 Å². The highest BCUT2D eigenvalue weighted by atomic mass is 32.1. The summed E-state index contributed by atoms with van der Waals surface area (Å²) in [5.74, 6) is 0.00133. The van der Waals surface area contributed by atoms with Crippen LogP contribution in [0.2, 0.25) is 0 Å². The van der Waals surface area contributed by atoms with Gasteiger partial charge in [0.1, 0.15) is 5.60 Å². The van der Waals surface area contributed by atoms with Crippen molar-refractivity contribution in [2.45, 2.75) is 45.6 Å². The van der Waals surface area contributed by atoms with Gasteiger partial charge in [-0.2, -0.15) is 0 Å². The molecule has 0 spiro atoms. The Morgan fingerprint density at radius 3 is 2.77 bits per heavy atom. The molecule has 2 heterocycles. The molecular weight excluding hydrogens is 314 g/mol. The third kappa shape index (κ3) is 4.66. The smallest absolute Gasteiger partial charge is 0.220 e. The van der Waals surface area contributed by atoms with E-state index in [0.717, 1.165) is 17.7 Å². The molecule has 2 aromatic rings. The summed E-state index contributed by atoms with van der Waals surface area (Å²) in [4.78, 5) is 15.5. The molecule has 2 rings (SSSR count). The van der Waals surface area contributed by atoms with Crippen LogP contribution in [0, 0.1) is 13.8 Å². The van der Waals surface area contributed by atoms with Crippen molar-refractivity contribution in [1.82, 2.24) is 5.32 Å². The minimum Gasteiger partial charge on any atom is -0.383 e. The van der Waals surface area contributed by atoms with Gasteiger partial charge in [0.25, 0.3) is 0 Å². The van der Waals surface area contributed by atoms with Gasteiger partial charge in [0, 0.05) is 21.1 Å². The van der Waals surface area contributed by atoms with E-state index in [4.69, 9.17) is 0 Å². The predicted octanol–water partition coefficient (Wildman–Crippen LogP) is 3.77. The SMILES string of the molecule is Cc1cc(CCCC(=O)NCC(C)(O)c2cccs2)c(C)s1. The van der Waals surface area contributed by atoms with Crippen molar-refractivity contribution in [1.29, 1.82) is 0 Å². The maximum absolute atomic E-state index is 11.9. The van der Waals surface area contributed by atoms with Crippen LogP contribution in [0.15, 0.2) is 23.6 Å². The maximum atomic E-state index is 11.9. The number of aryl methyl sites for hydroxylation is 3. The van der Waals surface area contributed by atoms with E-state index in [1.165, 1.54) is 26.7 Å². The summed E-state index contributed by atoms with van der Waals surface area (Å²) in [7, 11) is 0. The second kappa shape index (κ2) is 7.40. The van der Waals surface area contributed by atoms with Gasteiger partial charge < -0.3 is 10.4 Å². The van der Waals surface area contributed by atoms with Crippen LogP contribution in [0.4, 0.5) is 0 Å². The molecule has 0 bridgehead atoms. The quantitative estimate of drug-likeness (QED) is 0.808. The van der Waals surface area contributed by atoms with Crippen molar-refractivity contribution in [3.05, 3.63) is 43.8 Å². The predicted molar refractivity (Wildman–Crippen MR) is 93.6 cm³/mol. The van der Waals surface area contributed by atoms with Gasteiger partial charge in [-0.1, -0.05) is 6.07 Å². The molecule has 0 saturated heterocycles. The Balaban J connectivity index is 1.73. The average Bonchev–Trinajstić information content (AvgIpc) is 3.07. The van der Waals surface area contributed by atoms with Gasteiger partial charge in [-0.3, -0.25) is 4.79 Å². The second-order valence-corrected chi connectivity index (χ2v) is 8.23. The average molecular weight is 338 g/mol. The first kappa shape index (κ1) is 17.2. The highest BCUT2D eigenvalue weighted by molar-refractivity contribution is 7.12. The molecule has 22 heavy (non-hydrogen) atoms. The lowest BCUT2D eigenvalue weighted by Gasteiger charge is -2.22. The molecule has 0 aliphatic heterocycles. The Morgan fingerprint density at radius 1 is 1.41 bits per heavy atom. The molecule has 0 aromatic carbocycles. The van der Waals surface area contributed by atoms with Crippen LogP contribution in [0.25, 0.3) is 0 Å². The van der Waals surface area contributed by atoms with Crippen molar-refractivity contribution in [3.63, 3.8) is 0 Å². The summed E-state index contributed by atoms with van der Waals surface area (Å²) in [5, 5.41) is 15.1. The van der Waals surface area contributed by atoms with E-state index in [2.05, 4.69) is 25.2 Å². The number of carbonyl (C=O) groups excluding carboxylic acids is 1. The Hall–Kier alpha value is -1.17. The first-order chi connectivity index (χ1) is 10.4.